The molecule has 0 radical (unpaired) electrons. The van der Waals surface area contributed by atoms with E-state index in [9.17, 15) is 21.6 Å². The fourth-order valence-corrected chi connectivity index (χ4v) is 7.39. The van der Waals surface area contributed by atoms with Crippen LogP contribution in [-0.4, -0.2) is 44.1 Å². The molecule has 0 heterocycles. The van der Waals surface area contributed by atoms with E-state index in [1.165, 1.54) is 68.7 Å². The van der Waals surface area contributed by atoms with Crippen LogP contribution in [0.4, 0.5) is 5.69 Å². The van der Waals surface area contributed by atoms with Gasteiger partial charge in [0.1, 0.15) is 10.6 Å². The van der Waals surface area contributed by atoms with Crippen LogP contribution in [0.15, 0.2) is 130 Å². The third kappa shape index (κ3) is 7.46. The lowest BCUT2D eigenvalue weighted by molar-refractivity contribution is 0.0984. The molecule has 0 saturated carbocycles. The number of ether oxygens (including phenoxy) is 3. The summed E-state index contributed by atoms with van der Waals surface area (Å²) in [7, 11) is -1.56. The highest BCUT2D eigenvalue weighted by molar-refractivity contribution is 7.91. The Bertz CT molecular complexity index is 2110. The highest BCUT2D eigenvalue weighted by Crippen LogP contribution is 2.39. The van der Waals surface area contributed by atoms with E-state index in [0.717, 1.165) is 16.9 Å². The van der Waals surface area contributed by atoms with Crippen LogP contribution >= 0.6 is 9.24 Å². The van der Waals surface area contributed by atoms with Gasteiger partial charge in [-0.1, -0.05) is 48.5 Å². The molecule has 248 valence electrons. The number of benzene rings is 5. The molecule has 1 atom stereocenters. The molecule has 0 aliphatic heterocycles. The van der Waals surface area contributed by atoms with Crippen LogP contribution in [0.1, 0.15) is 15.9 Å². The van der Waals surface area contributed by atoms with Crippen molar-refractivity contribution in [1.82, 2.24) is 0 Å². The normalized spacial score (nSPS) is 11.4. The van der Waals surface area contributed by atoms with Crippen LogP contribution in [0.5, 0.6) is 23.0 Å². The largest absolute Gasteiger partial charge is 0.493 e. The number of nitrogens with zero attached hydrogens (tertiary/aromatic N) is 1. The van der Waals surface area contributed by atoms with E-state index < -0.39 is 20.0 Å². The summed E-state index contributed by atoms with van der Waals surface area (Å²) >= 11 is 0. The van der Waals surface area contributed by atoms with Crippen molar-refractivity contribution in [3.05, 3.63) is 126 Å². The number of hydrogen-bond acceptors (Lipinski definition) is 9. The summed E-state index contributed by atoms with van der Waals surface area (Å²) in [5.41, 5.74) is 1.56. The van der Waals surface area contributed by atoms with Gasteiger partial charge in [0, 0.05) is 11.3 Å². The molecule has 0 fully saturated rings. The monoisotopic (exact) mass is 705 g/mol. The number of carbonyl (C=O) groups excluding carboxylic acids is 1. The lowest BCUT2D eigenvalue weighted by Gasteiger charge is -2.24. The quantitative estimate of drug-likeness (QED) is 0.119. The second-order valence-electron chi connectivity index (χ2n) is 10.4. The Morgan fingerprint density at radius 2 is 1.27 bits per heavy atom. The smallest absolute Gasteiger partial charge is 0.339 e. The first-order valence-electron chi connectivity index (χ1n) is 14.4. The van der Waals surface area contributed by atoms with E-state index in [2.05, 4.69) is 9.24 Å². The highest BCUT2D eigenvalue weighted by Gasteiger charge is 2.25. The van der Waals surface area contributed by atoms with Crippen molar-refractivity contribution in [1.29, 1.82) is 0 Å². The van der Waals surface area contributed by atoms with Crippen LogP contribution < -0.4 is 28.6 Å². The van der Waals surface area contributed by atoms with Crippen molar-refractivity contribution in [2.45, 2.75) is 21.2 Å². The maximum Gasteiger partial charge on any atom is 0.339 e. The summed E-state index contributed by atoms with van der Waals surface area (Å²) in [5.74, 6) is 0.534. The topological polar surface area (TPSA) is 126 Å². The van der Waals surface area contributed by atoms with E-state index in [4.69, 9.17) is 18.4 Å². The van der Waals surface area contributed by atoms with Gasteiger partial charge in [-0.2, -0.15) is 8.42 Å². The van der Waals surface area contributed by atoms with Gasteiger partial charge in [-0.15, -0.1) is 9.24 Å². The van der Waals surface area contributed by atoms with Gasteiger partial charge >= 0.3 is 10.1 Å². The Morgan fingerprint density at radius 1 is 0.667 bits per heavy atom. The van der Waals surface area contributed by atoms with E-state index in [1.54, 1.807) is 36.4 Å². The molecule has 1 amide bonds. The van der Waals surface area contributed by atoms with Crippen molar-refractivity contribution < 1.29 is 40.0 Å². The average Bonchev–Trinajstić information content (AvgIpc) is 3.10. The third-order valence-electron chi connectivity index (χ3n) is 7.29. The van der Waals surface area contributed by atoms with Crippen LogP contribution in [0, 0.1) is 0 Å². The van der Waals surface area contributed by atoms with Gasteiger partial charge in [0.2, 0.25) is 15.6 Å². The second kappa shape index (κ2) is 14.5. The first-order valence-corrected chi connectivity index (χ1v) is 17.8. The fourth-order valence-electron chi connectivity index (χ4n) is 4.84. The molecule has 48 heavy (non-hydrogen) atoms. The molecule has 0 aliphatic rings. The van der Waals surface area contributed by atoms with Crippen molar-refractivity contribution in [2.24, 2.45) is 0 Å². The number of amides is 1. The fraction of sp³-hybridized carbons (Fsp3) is 0.114. The minimum atomic E-state index is -4.44. The third-order valence-corrected chi connectivity index (χ3v) is 10.7. The zero-order valence-corrected chi connectivity index (χ0v) is 29.0. The van der Waals surface area contributed by atoms with Gasteiger partial charge in [-0.25, -0.2) is 8.42 Å². The molecule has 13 heteroatoms. The number of carbonyl (C=O) groups is 1. The Balaban J connectivity index is 1.44. The van der Waals surface area contributed by atoms with Crippen LogP contribution in [0.3, 0.4) is 0 Å². The molecule has 5 aromatic rings. The Kier molecular flexibility index (Phi) is 10.4. The van der Waals surface area contributed by atoms with Crippen LogP contribution in [-0.2, 0) is 26.5 Å². The van der Waals surface area contributed by atoms with Gasteiger partial charge in [-0.3, -0.25) is 4.79 Å². The Hall–Kier alpha value is -4.90. The van der Waals surface area contributed by atoms with Crippen LogP contribution in [0.2, 0.25) is 0 Å². The number of rotatable bonds is 12. The molecular formula is C35H32NO9PS2. The van der Waals surface area contributed by atoms with Crippen molar-refractivity contribution in [3.63, 3.8) is 0 Å². The number of hydrogen-bond donors (Lipinski definition) is 0. The van der Waals surface area contributed by atoms with Crippen molar-refractivity contribution in [2.75, 3.05) is 26.2 Å². The lowest BCUT2D eigenvalue weighted by Crippen LogP contribution is -2.30. The maximum atomic E-state index is 14.0. The standard InChI is InChI=1S/C35H32NO9PS2/c1-42-32-20-25(21-33(43-2)34(32)44-3)35(37)36(23-24-8-5-4-6-9-24)26-12-14-27(15-13-26)45-48(40,41)31-11-7-10-30(22-31)47(38,39)29-18-16-28(46)17-19-29/h4-22H,23,46H2,1-3H3. The lowest BCUT2D eigenvalue weighted by atomic mass is 10.1. The zero-order valence-electron chi connectivity index (χ0n) is 26.2. The summed E-state index contributed by atoms with van der Waals surface area (Å²) in [6, 6.07) is 29.5. The molecule has 0 bridgehead atoms. The highest BCUT2D eigenvalue weighted by atomic mass is 32.2. The Labute approximate surface area is 282 Å². The van der Waals surface area contributed by atoms with E-state index in [-0.39, 0.29) is 38.5 Å². The van der Waals surface area contributed by atoms with E-state index in [0.29, 0.717) is 22.9 Å². The van der Waals surface area contributed by atoms with E-state index in [1.807, 2.05) is 30.3 Å². The molecule has 1 unspecified atom stereocenters. The van der Waals surface area contributed by atoms with Gasteiger partial charge in [0.25, 0.3) is 5.91 Å². The second-order valence-corrected chi connectivity index (χ2v) is 14.5. The zero-order chi connectivity index (χ0) is 34.5. The first-order chi connectivity index (χ1) is 23.0. The van der Waals surface area contributed by atoms with Crippen LogP contribution in [0.25, 0.3) is 0 Å². The SMILES string of the molecule is COc1cc(C(=O)N(Cc2ccccc2)c2ccc(OS(=O)(=O)c3cccc(S(=O)(=O)c4ccc(P)cc4)c3)cc2)cc(OC)c1OC. The summed E-state index contributed by atoms with van der Waals surface area (Å²) < 4.78 is 74.6. The molecule has 0 spiro atoms. The molecule has 0 saturated heterocycles. The summed E-state index contributed by atoms with van der Waals surface area (Å²) in [5, 5.41) is 0.804. The van der Waals surface area contributed by atoms with Gasteiger partial charge < -0.3 is 23.3 Å². The minimum absolute atomic E-state index is 0.0286. The number of anilines is 1. The average molecular weight is 706 g/mol. The maximum absolute atomic E-state index is 14.0. The molecule has 5 rings (SSSR count). The van der Waals surface area contributed by atoms with E-state index >= 15 is 0 Å². The molecule has 5 aromatic carbocycles. The predicted octanol–water partition coefficient (Wildman–Crippen LogP) is 5.66. The summed E-state index contributed by atoms with van der Waals surface area (Å²) in [6.07, 6.45) is 0. The van der Waals surface area contributed by atoms with Crippen molar-refractivity contribution in [3.8, 4) is 23.0 Å². The Morgan fingerprint density at radius 3 is 1.85 bits per heavy atom. The van der Waals surface area contributed by atoms with Gasteiger partial charge in [0.15, 0.2) is 11.5 Å². The van der Waals surface area contributed by atoms with Gasteiger partial charge in [-0.05, 0) is 77.6 Å². The summed E-state index contributed by atoms with van der Waals surface area (Å²) in [4.78, 5) is 15.0. The molecule has 0 N–H and O–H groups in total. The van der Waals surface area contributed by atoms with Gasteiger partial charge in [0.05, 0.1) is 37.7 Å². The number of methoxy groups -OCH3 is 3. The molecule has 0 aromatic heterocycles. The minimum Gasteiger partial charge on any atom is -0.493 e. The predicted molar refractivity (Wildman–Crippen MR) is 185 cm³/mol. The molecular weight excluding hydrogens is 673 g/mol. The molecule has 0 aliphatic carbocycles. The molecule has 10 nitrogen and oxygen atoms in total. The number of sulfone groups is 1. The first kappa shape index (κ1) is 34.4. The van der Waals surface area contributed by atoms with Crippen molar-refractivity contribution >= 4 is 46.1 Å². The summed E-state index contributed by atoms with van der Waals surface area (Å²) in [6.45, 7) is 0.190.